The van der Waals surface area contributed by atoms with Crippen LogP contribution in [0.25, 0.3) is 0 Å². The Morgan fingerprint density at radius 2 is 2.11 bits per heavy atom. The van der Waals surface area contributed by atoms with Crippen LogP contribution in [0.15, 0.2) is 29.5 Å². The number of pyridine rings is 1. The van der Waals surface area contributed by atoms with E-state index < -0.39 is 0 Å². The van der Waals surface area contributed by atoms with Gasteiger partial charge in [0.1, 0.15) is 0 Å². The van der Waals surface area contributed by atoms with E-state index in [0.717, 1.165) is 31.6 Å². The average Bonchev–Trinajstić information content (AvgIpc) is 2.39. The zero-order valence-electron chi connectivity index (χ0n) is 11.0. The number of hydrogen-bond acceptors (Lipinski definition) is 3. The zero-order chi connectivity index (χ0) is 13.2. The smallest absolute Gasteiger partial charge is 0.189 e. The third-order valence-electron chi connectivity index (χ3n) is 2.32. The lowest BCUT2D eigenvalue weighted by molar-refractivity contribution is 0.411. The molecule has 98 valence electrons. The van der Waals surface area contributed by atoms with Gasteiger partial charge in [0.15, 0.2) is 5.11 Å². The highest BCUT2D eigenvalue weighted by atomic mass is 32.1. The highest BCUT2D eigenvalue weighted by molar-refractivity contribution is 7.80. The molecule has 0 aliphatic heterocycles. The van der Waals surface area contributed by atoms with Gasteiger partial charge in [0.2, 0.25) is 0 Å². The molecule has 0 bridgehead atoms. The summed E-state index contributed by atoms with van der Waals surface area (Å²) >= 11 is 5.30. The van der Waals surface area contributed by atoms with Gasteiger partial charge in [-0.05, 0) is 37.2 Å². The predicted molar refractivity (Wildman–Crippen MR) is 79.7 cm³/mol. The lowest BCUT2D eigenvalue weighted by Gasteiger charge is -2.23. The van der Waals surface area contributed by atoms with Crippen LogP contribution in [0.1, 0.15) is 32.4 Å². The Labute approximate surface area is 114 Å². The number of thiocarbonyl (C=S) groups is 1. The van der Waals surface area contributed by atoms with Crippen molar-refractivity contribution in [3.8, 4) is 0 Å². The Hall–Kier alpha value is -1.49. The van der Waals surface area contributed by atoms with Crippen molar-refractivity contribution in [1.29, 1.82) is 0 Å². The van der Waals surface area contributed by atoms with Gasteiger partial charge in [-0.2, -0.15) is 5.10 Å². The highest BCUT2D eigenvalue weighted by Crippen LogP contribution is 1.95. The van der Waals surface area contributed by atoms with Crippen LogP contribution >= 0.6 is 12.2 Å². The topological polar surface area (TPSA) is 40.5 Å². The molecule has 1 aromatic rings. The Bertz CT molecular complexity index is 372. The number of aromatic nitrogens is 1. The number of hydrogen-bond donors (Lipinski definition) is 1. The normalized spacial score (nSPS) is 10.6. The van der Waals surface area contributed by atoms with E-state index in [-0.39, 0.29) is 0 Å². The largest absolute Gasteiger partial charge is 0.348 e. The lowest BCUT2D eigenvalue weighted by atomic mass is 10.4. The average molecular weight is 264 g/mol. The van der Waals surface area contributed by atoms with Crippen molar-refractivity contribution in [3.05, 3.63) is 30.1 Å². The van der Waals surface area contributed by atoms with Gasteiger partial charge in [0.05, 0.1) is 11.9 Å². The summed E-state index contributed by atoms with van der Waals surface area (Å²) in [6.07, 6.45) is 5.56. The summed E-state index contributed by atoms with van der Waals surface area (Å²) in [4.78, 5) is 6.28. The first-order valence-corrected chi connectivity index (χ1v) is 6.67. The van der Waals surface area contributed by atoms with Crippen molar-refractivity contribution in [2.75, 3.05) is 13.1 Å². The molecule has 0 aliphatic carbocycles. The van der Waals surface area contributed by atoms with E-state index in [0.29, 0.717) is 5.11 Å². The van der Waals surface area contributed by atoms with Crippen LogP contribution in [0.4, 0.5) is 0 Å². The van der Waals surface area contributed by atoms with Crippen molar-refractivity contribution in [3.63, 3.8) is 0 Å². The Morgan fingerprint density at radius 1 is 1.39 bits per heavy atom. The van der Waals surface area contributed by atoms with Crippen molar-refractivity contribution >= 4 is 23.5 Å². The Morgan fingerprint density at radius 3 is 2.67 bits per heavy atom. The minimum Gasteiger partial charge on any atom is -0.348 e. The number of nitrogens with zero attached hydrogens (tertiary/aromatic N) is 3. The first-order valence-electron chi connectivity index (χ1n) is 6.27. The predicted octanol–water partition coefficient (Wildman–Crippen LogP) is 2.41. The number of nitrogens with one attached hydrogen (secondary N) is 1. The van der Waals surface area contributed by atoms with Gasteiger partial charge in [-0.3, -0.25) is 10.4 Å². The summed E-state index contributed by atoms with van der Waals surface area (Å²) in [6.45, 7) is 6.20. The molecule has 0 radical (unpaired) electrons. The van der Waals surface area contributed by atoms with E-state index in [1.807, 2.05) is 18.2 Å². The minimum absolute atomic E-state index is 0.672. The summed E-state index contributed by atoms with van der Waals surface area (Å²) in [5.41, 5.74) is 3.70. The summed E-state index contributed by atoms with van der Waals surface area (Å²) in [5.74, 6) is 0. The maximum absolute atomic E-state index is 5.30. The third-order valence-corrected chi connectivity index (χ3v) is 2.67. The molecule has 0 aromatic carbocycles. The number of hydrazone groups is 1. The second-order valence-corrected chi connectivity index (χ2v) is 4.30. The molecule has 0 amide bonds. The molecular weight excluding hydrogens is 244 g/mol. The molecule has 1 rings (SSSR count). The second-order valence-electron chi connectivity index (χ2n) is 3.92. The van der Waals surface area contributed by atoms with E-state index >= 15 is 0 Å². The molecule has 1 aromatic heterocycles. The molecule has 1 heterocycles. The van der Waals surface area contributed by atoms with Crippen LogP contribution in [-0.4, -0.2) is 34.3 Å². The summed E-state index contributed by atoms with van der Waals surface area (Å²) < 4.78 is 0. The van der Waals surface area contributed by atoms with E-state index in [1.165, 1.54) is 0 Å². The Balaban J connectivity index is 2.46. The Kier molecular flexibility index (Phi) is 6.94. The van der Waals surface area contributed by atoms with Crippen LogP contribution in [0.2, 0.25) is 0 Å². The van der Waals surface area contributed by atoms with Crippen molar-refractivity contribution in [2.24, 2.45) is 5.10 Å². The fourth-order valence-corrected chi connectivity index (χ4v) is 1.77. The molecule has 0 unspecified atom stereocenters. The maximum atomic E-state index is 5.30. The van der Waals surface area contributed by atoms with Crippen molar-refractivity contribution < 1.29 is 0 Å². The molecular formula is C13H20N4S. The molecule has 5 heteroatoms. The summed E-state index contributed by atoms with van der Waals surface area (Å²) in [7, 11) is 0. The van der Waals surface area contributed by atoms with E-state index in [9.17, 15) is 0 Å². The van der Waals surface area contributed by atoms with Crippen LogP contribution in [0, 0.1) is 0 Å². The standard InChI is InChI=1S/C13H20N4S/c1-3-9-17(10-4-2)13(18)16-15-11-12-7-5-6-8-14-12/h5-8,11H,3-4,9-10H2,1-2H3,(H,16,18). The molecule has 4 nitrogen and oxygen atoms in total. The molecule has 0 saturated heterocycles. The fourth-order valence-electron chi connectivity index (χ4n) is 1.53. The zero-order valence-corrected chi connectivity index (χ0v) is 11.8. The lowest BCUT2D eigenvalue weighted by Crippen LogP contribution is -2.38. The van der Waals surface area contributed by atoms with E-state index in [4.69, 9.17) is 12.2 Å². The SMILES string of the molecule is CCCN(CCC)C(=S)NN=Cc1ccccn1. The molecule has 18 heavy (non-hydrogen) atoms. The van der Waals surface area contributed by atoms with Gasteiger partial charge in [-0.1, -0.05) is 19.9 Å². The molecule has 0 aliphatic rings. The van der Waals surface area contributed by atoms with Crippen molar-refractivity contribution in [2.45, 2.75) is 26.7 Å². The highest BCUT2D eigenvalue weighted by Gasteiger charge is 2.05. The van der Waals surface area contributed by atoms with Gasteiger partial charge >= 0.3 is 0 Å². The third kappa shape index (κ3) is 5.23. The van der Waals surface area contributed by atoms with Crippen LogP contribution in [0.5, 0.6) is 0 Å². The van der Waals surface area contributed by atoms with E-state index in [1.54, 1.807) is 12.4 Å². The summed E-state index contributed by atoms with van der Waals surface area (Å²) in [5, 5.41) is 4.78. The maximum Gasteiger partial charge on any atom is 0.189 e. The molecule has 1 N–H and O–H groups in total. The minimum atomic E-state index is 0.672. The molecule has 0 spiro atoms. The number of rotatable bonds is 6. The first-order chi connectivity index (χ1) is 8.77. The molecule has 0 fully saturated rings. The van der Waals surface area contributed by atoms with Gasteiger partial charge in [-0.25, -0.2) is 0 Å². The fraction of sp³-hybridized carbons (Fsp3) is 0.462. The van der Waals surface area contributed by atoms with Gasteiger partial charge in [-0.15, -0.1) is 0 Å². The van der Waals surface area contributed by atoms with Crippen LogP contribution in [0.3, 0.4) is 0 Å². The first kappa shape index (κ1) is 14.6. The van der Waals surface area contributed by atoms with E-state index in [2.05, 4.69) is 34.3 Å². The second kappa shape index (κ2) is 8.58. The van der Waals surface area contributed by atoms with Gasteiger partial charge in [0, 0.05) is 19.3 Å². The molecule has 0 atom stereocenters. The van der Waals surface area contributed by atoms with Crippen LogP contribution < -0.4 is 5.43 Å². The monoisotopic (exact) mass is 264 g/mol. The molecule has 0 saturated carbocycles. The van der Waals surface area contributed by atoms with Gasteiger partial charge < -0.3 is 4.90 Å². The van der Waals surface area contributed by atoms with Crippen molar-refractivity contribution in [1.82, 2.24) is 15.3 Å². The van der Waals surface area contributed by atoms with Crippen LogP contribution in [-0.2, 0) is 0 Å². The quantitative estimate of drug-likeness (QED) is 0.487. The van der Waals surface area contributed by atoms with Gasteiger partial charge in [0.25, 0.3) is 0 Å². The summed E-state index contributed by atoms with van der Waals surface area (Å²) in [6, 6.07) is 5.69.